The quantitative estimate of drug-likeness (QED) is 0.0456. The first-order valence-corrected chi connectivity index (χ1v) is 19.6. The zero-order valence-corrected chi connectivity index (χ0v) is 30.2. The molecular formula is C43H72O2. The van der Waals surface area contributed by atoms with Gasteiger partial charge in [0.1, 0.15) is 0 Å². The summed E-state index contributed by atoms with van der Waals surface area (Å²) in [7, 11) is 0. The molecule has 0 unspecified atom stereocenters. The van der Waals surface area contributed by atoms with Gasteiger partial charge in [-0.25, -0.2) is 0 Å². The lowest BCUT2D eigenvalue weighted by molar-refractivity contribution is 0.0945. The van der Waals surface area contributed by atoms with E-state index in [1.807, 2.05) is 25.1 Å². The number of allylic oxidation sites excluding steroid dienone is 4. The van der Waals surface area contributed by atoms with Gasteiger partial charge in [-0.3, -0.25) is 9.59 Å². The first kappa shape index (κ1) is 41.1. The van der Waals surface area contributed by atoms with Crippen molar-refractivity contribution in [3.8, 4) is 0 Å². The molecule has 0 radical (unpaired) electrons. The predicted octanol–water partition coefficient (Wildman–Crippen LogP) is 14.4. The second-order valence-corrected chi connectivity index (χ2v) is 13.5. The van der Waals surface area contributed by atoms with Crippen molar-refractivity contribution in [2.24, 2.45) is 0 Å². The van der Waals surface area contributed by atoms with Gasteiger partial charge in [0.05, 0.1) is 0 Å². The third-order valence-corrected chi connectivity index (χ3v) is 9.18. The highest BCUT2D eigenvalue weighted by atomic mass is 16.1. The van der Waals surface area contributed by atoms with Crippen molar-refractivity contribution < 1.29 is 9.59 Å². The number of carbonyl (C=O) groups excluding carboxylic acids is 2. The summed E-state index contributed by atoms with van der Waals surface area (Å²) < 4.78 is 0. The molecule has 0 saturated carbocycles. The number of carbonyl (C=O) groups is 2. The van der Waals surface area contributed by atoms with Crippen molar-refractivity contribution in [3.63, 3.8) is 0 Å². The van der Waals surface area contributed by atoms with Crippen molar-refractivity contribution in [2.75, 3.05) is 0 Å². The number of ketones is 2. The summed E-state index contributed by atoms with van der Waals surface area (Å²) in [4.78, 5) is 26.3. The third kappa shape index (κ3) is 23.1. The zero-order chi connectivity index (χ0) is 32.6. The third-order valence-electron chi connectivity index (χ3n) is 9.18. The van der Waals surface area contributed by atoms with Crippen LogP contribution >= 0.6 is 0 Å². The molecule has 0 amide bonds. The largest absolute Gasteiger partial charge is 0.294 e. The monoisotopic (exact) mass is 621 g/mol. The molecule has 1 aromatic rings. The standard InChI is InChI=1S/C43H72O2/c1-4-6-8-10-12-14-16-18-20-22-24-26-28-30-32-37-41(44)40-36-34-35-39(3)43(40)42(45)38-33-31-29-27-25-23-21-19-17-15-13-11-9-7-5-2/h18-21,34-36H,4-17,22-33,37-38H2,1-3H3. The molecule has 0 aromatic heterocycles. The normalized spacial score (nSPS) is 11.7. The van der Waals surface area contributed by atoms with E-state index < -0.39 is 0 Å². The van der Waals surface area contributed by atoms with Crippen LogP contribution in [-0.2, 0) is 0 Å². The number of hydrogen-bond donors (Lipinski definition) is 0. The van der Waals surface area contributed by atoms with Crippen LogP contribution in [0.15, 0.2) is 42.5 Å². The summed E-state index contributed by atoms with van der Waals surface area (Å²) in [6.07, 6.45) is 43.2. The molecule has 45 heavy (non-hydrogen) atoms. The van der Waals surface area contributed by atoms with Crippen LogP contribution < -0.4 is 0 Å². The Morgan fingerprint density at radius 1 is 0.467 bits per heavy atom. The van der Waals surface area contributed by atoms with Gasteiger partial charge >= 0.3 is 0 Å². The van der Waals surface area contributed by atoms with E-state index in [1.54, 1.807) is 0 Å². The van der Waals surface area contributed by atoms with E-state index in [4.69, 9.17) is 0 Å². The zero-order valence-electron chi connectivity index (χ0n) is 30.2. The Bertz CT molecular complexity index is 908. The van der Waals surface area contributed by atoms with Gasteiger partial charge in [-0.2, -0.15) is 0 Å². The minimum atomic E-state index is 0.143. The highest BCUT2D eigenvalue weighted by Gasteiger charge is 2.18. The summed E-state index contributed by atoms with van der Waals surface area (Å²) in [5.41, 5.74) is 2.29. The fraction of sp³-hybridized carbons (Fsp3) is 0.721. The maximum Gasteiger partial charge on any atom is 0.163 e. The molecule has 0 N–H and O–H groups in total. The fourth-order valence-electron chi connectivity index (χ4n) is 6.24. The molecule has 256 valence electrons. The molecule has 1 aromatic carbocycles. The van der Waals surface area contributed by atoms with Crippen LogP contribution in [0.4, 0.5) is 0 Å². The molecule has 1 rings (SSSR count). The van der Waals surface area contributed by atoms with Crippen molar-refractivity contribution in [2.45, 2.75) is 201 Å². The van der Waals surface area contributed by atoms with Gasteiger partial charge in [-0.15, -0.1) is 0 Å². The molecule has 0 aliphatic rings. The Morgan fingerprint density at radius 3 is 1.24 bits per heavy atom. The molecule has 0 bridgehead atoms. The Labute approximate surface area is 280 Å². The van der Waals surface area contributed by atoms with Gasteiger partial charge < -0.3 is 0 Å². The first-order valence-electron chi connectivity index (χ1n) is 19.6. The van der Waals surface area contributed by atoms with Crippen LogP contribution in [0.2, 0.25) is 0 Å². The summed E-state index contributed by atoms with van der Waals surface area (Å²) in [5.74, 6) is 0.294. The average Bonchev–Trinajstić information content (AvgIpc) is 3.04. The Kier molecular flexibility index (Phi) is 28.0. The van der Waals surface area contributed by atoms with Crippen LogP contribution in [0.3, 0.4) is 0 Å². The minimum absolute atomic E-state index is 0.143. The van der Waals surface area contributed by atoms with Gasteiger partial charge in [0, 0.05) is 24.0 Å². The van der Waals surface area contributed by atoms with Gasteiger partial charge in [-0.05, 0) is 76.7 Å². The molecule has 2 heteroatoms. The number of rotatable bonds is 32. The lowest BCUT2D eigenvalue weighted by Gasteiger charge is -2.11. The Balaban J connectivity index is 2.16. The number of aryl methyl sites for hydroxylation is 1. The second kappa shape index (κ2) is 30.7. The number of hydrogen-bond acceptors (Lipinski definition) is 2. The predicted molar refractivity (Wildman–Crippen MR) is 199 cm³/mol. The van der Waals surface area contributed by atoms with E-state index in [2.05, 4.69) is 38.2 Å². The van der Waals surface area contributed by atoms with Crippen LogP contribution in [-0.4, -0.2) is 11.6 Å². The van der Waals surface area contributed by atoms with E-state index in [1.165, 1.54) is 141 Å². The summed E-state index contributed by atoms with van der Waals surface area (Å²) in [6.45, 7) is 6.52. The van der Waals surface area contributed by atoms with Gasteiger partial charge in [0.2, 0.25) is 0 Å². The molecule has 0 fully saturated rings. The van der Waals surface area contributed by atoms with Crippen molar-refractivity contribution in [1.29, 1.82) is 0 Å². The maximum atomic E-state index is 13.2. The molecule has 0 aliphatic heterocycles. The fourth-order valence-corrected chi connectivity index (χ4v) is 6.24. The lowest BCUT2D eigenvalue weighted by Crippen LogP contribution is -2.11. The summed E-state index contributed by atoms with van der Waals surface area (Å²) in [5, 5.41) is 0. The minimum Gasteiger partial charge on any atom is -0.294 e. The van der Waals surface area contributed by atoms with Crippen LogP contribution in [0.5, 0.6) is 0 Å². The number of benzene rings is 1. The van der Waals surface area contributed by atoms with Crippen LogP contribution in [0.25, 0.3) is 0 Å². The van der Waals surface area contributed by atoms with Crippen molar-refractivity contribution >= 4 is 11.6 Å². The van der Waals surface area contributed by atoms with Gasteiger partial charge in [0.25, 0.3) is 0 Å². The number of unbranched alkanes of at least 4 members (excludes halogenated alkanes) is 22. The maximum absolute atomic E-state index is 13.2. The Hall–Kier alpha value is -1.96. The van der Waals surface area contributed by atoms with Crippen molar-refractivity contribution in [3.05, 3.63) is 59.2 Å². The van der Waals surface area contributed by atoms with Crippen molar-refractivity contribution in [1.82, 2.24) is 0 Å². The smallest absolute Gasteiger partial charge is 0.163 e. The van der Waals surface area contributed by atoms with Gasteiger partial charge in [0.15, 0.2) is 11.6 Å². The molecular weight excluding hydrogens is 548 g/mol. The van der Waals surface area contributed by atoms with E-state index in [-0.39, 0.29) is 11.6 Å². The summed E-state index contributed by atoms with van der Waals surface area (Å²) >= 11 is 0. The molecule has 0 heterocycles. The average molecular weight is 621 g/mol. The summed E-state index contributed by atoms with van der Waals surface area (Å²) in [6, 6.07) is 5.79. The topological polar surface area (TPSA) is 34.1 Å². The van der Waals surface area contributed by atoms with E-state index >= 15 is 0 Å². The van der Waals surface area contributed by atoms with Crippen LogP contribution in [0, 0.1) is 6.92 Å². The molecule has 0 atom stereocenters. The SMILES string of the molecule is CCCCCCCCC=CCCCCCCCC(=O)c1cccc(C)c1C(=O)CCCCCCCC=CCCCCCCCC. The second-order valence-electron chi connectivity index (χ2n) is 13.5. The molecule has 2 nitrogen and oxygen atoms in total. The lowest BCUT2D eigenvalue weighted by atomic mass is 9.91. The highest BCUT2D eigenvalue weighted by Crippen LogP contribution is 2.21. The van der Waals surface area contributed by atoms with Gasteiger partial charge in [-0.1, -0.05) is 159 Å². The molecule has 0 saturated heterocycles. The molecule has 0 spiro atoms. The molecule has 0 aliphatic carbocycles. The highest BCUT2D eigenvalue weighted by molar-refractivity contribution is 6.09. The van der Waals surface area contributed by atoms with E-state index in [9.17, 15) is 9.59 Å². The Morgan fingerprint density at radius 2 is 0.822 bits per heavy atom. The number of Topliss-reactive ketones (excluding diaryl/α,β-unsaturated/α-hetero) is 2. The first-order chi connectivity index (χ1) is 22.1. The van der Waals surface area contributed by atoms with Crippen LogP contribution in [0.1, 0.15) is 220 Å². The van der Waals surface area contributed by atoms with E-state index in [0.717, 1.165) is 31.2 Å². The van der Waals surface area contributed by atoms with E-state index in [0.29, 0.717) is 24.0 Å².